The van der Waals surface area contributed by atoms with Crippen LogP contribution in [0.5, 0.6) is 0 Å². The van der Waals surface area contributed by atoms with Crippen molar-refractivity contribution in [3.63, 3.8) is 0 Å². The lowest BCUT2D eigenvalue weighted by atomic mass is 9.95. The largest absolute Gasteiger partial charge is 0.464 e. The zero-order valence-corrected chi connectivity index (χ0v) is 12.0. The Morgan fingerprint density at radius 1 is 1.16 bits per heavy atom. The van der Waals surface area contributed by atoms with Gasteiger partial charge in [0, 0.05) is 18.9 Å². The molecule has 0 unspecified atom stereocenters. The van der Waals surface area contributed by atoms with E-state index in [0.717, 1.165) is 5.54 Å². The molecule has 1 amide bonds. The number of carbonyl (C=O) groups excluding carboxylic acids is 3. The van der Waals surface area contributed by atoms with Crippen molar-refractivity contribution in [2.45, 2.75) is 32.7 Å². The van der Waals surface area contributed by atoms with Gasteiger partial charge in [0.25, 0.3) is 0 Å². The Labute approximate surface area is 117 Å². The Balaban J connectivity index is 5.47. The minimum Gasteiger partial charge on any atom is -0.464 e. The molecule has 108 valence electrons. The molecule has 0 aromatic carbocycles. The van der Waals surface area contributed by atoms with E-state index in [4.69, 9.17) is 21.1 Å². The van der Waals surface area contributed by atoms with Crippen LogP contribution in [0.2, 0.25) is 0 Å². The topological polar surface area (TPSA) is 81.7 Å². The molecule has 0 aromatic rings. The van der Waals surface area contributed by atoms with Crippen LogP contribution in [-0.4, -0.2) is 36.6 Å². The van der Waals surface area contributed by atoms with E-state index >= 15 is 0 Å². The van der Waals surface area contributed by atoms with Crippen molar-refractivity contribution in [1.29, 1.82) is 0 Å². The van der Waals surface area contributed by atoms with Crippen LogP contribution in [0.1, 0.15) is 27.2 Å². The third-order valence-corrected chi connectivity index (χ3v) is 2.33. The number of esters is 2. The van der Waals surface area contributed by atoms with Gasteiger partial charge in [-0.3, -0.25) is 4.79 Å². The summed E-state index contributed by atoms with van der Waals surface area (Å²) in [7, 11) is 0. The van der Waals surface area contributed by atoms with Crippen LogP contribution in [-0.2, 0) is 23.9 Å². The number of amides is 1. The highest BCUT2D eigenvalue weighted by Gasteiger charge is 2.49. The van der Waals surface area contributed by atoms with Crippen molar-refractivity contribution in [2.75, 3.05) is 13.2 Å². The van der Waals surface area contributed by atoms with Crippen molar-refractivity contribution in [1.82, 2.24) is 5.32 Å². The first kappa shape index (κ1) is 17.4. The Hall–Kier alpha value is -1.56. The molecule has 0 saturated carbocycles. The van der Waals surface area contributed by atoms with Crippen molar-refractivity contribution < 1.29 is 23.9 Å². The second kappa shape index (κ2) is 8.53. The average Bonchev–Trinajstić information content (AvgIpc) is 2.34. The van der Waals surface area contributed by atoms with E-state index < -0.39 is 23.4 Å². The Kier molecular flexibility index (Phi) is 7.83. The van der Waals surface area contributed by atoms with E-state index in [1.807, 2.05) is 0 Å². The lowest BCUT2D eigenvalue weighted by molar-refractivity contribution is -0.167. The molecule has 0 spiro atoms. The van der Waals surface area contributed by atoms with Crippen molar-refractivity contribution in [2.24, 2.45) is 0 Å². The molecule has 0 heterocycles. The van der Waals surface area contributed by atoms with Gasteiger partial charge in [0.2, 0.25) is 11.4 Å². The maximum absolute atomic E-state index is 12.0. The molecule has 0 radical (unpaired) electrons. The van der Waals surface area contributed by atoms with Crippen molar-refractivity contribution >= 4 is 29.4 Å². The predicted molar refractivity (Wildman–Crippen MR) is 69.4 cm³/mol. The summed E-state index contributed by atoms with van der Waals surface area (Å²) in [5, 5.41) is 2.30. The van der Waals surface area contributed by atoms with Gasteiger partial charge in [0.05, 0.1) is 13.2 Å². The summed E-state index contributed by atoms with van der Waals surface area (Å²) >= 11 is 5.41. The van der Waals surface area contributed by atoms with Gasteiger partial charge in [-0.25, -0.2) is 9.59 Å². The number of ether oxygens (including phenoxy) is 2. The van der Waals surface area contributed by atoms with Crippen LogP contribution in [0.25, 0.3) is 0 Å². The lowest BCUT2D eigenvalue weighted by Gasteiger charge is -2.28. The second-order valence-electron chi connectivity index (χ2n) is 3.59. The number of nitrogens with one attached hydrogen (secondary N) is 1. The number of halogens is 1. The fraction of sp³-hybridized carbons (Fsp3) is 0.583. The van der Waals surface area contributed by atoms with Gasteiger partial charge in [-0.15, -0.1) is 0 Å². The van der Waals surface area contributed by atoms with E-state index in [2.05, 4.69) is 5.32 Å². The predicted octanol–water partition coefficient (Wildman–Crippen LogP) is 1.13. The van der Waals surface area contributed by atoms with Gasteiger partial charge < -0.3 is 14.8 Å². The summed E-state index contributed by atoms with van der Waals surface area (Å²) in [6.45, 7) is 4.53. The van der Waals surface area contributed by atoms with Gasteiger partial charge in [-0.2, -0.15) is 0 Å². The lowest BCUT2D eigenvalue weighted by Crippen LogP contribution is -2.60. The summed E-state index contributed by atoms with van der Waals surface area (Å²) in [5.74, 6) is -2.30. The fourth-order valence-electron chi connectivity index (χ4n) is 1.43. The molecule has 6 nitrogen and oxygen atoms in total. The molecule has 0 atom stereocenters. The quantitative estimate of drug-likeness (QED) is 0.562. The van der Waals surface area contributed by atoms with Gasteiger partial charge in [0.15, 0.2) is 0 Å². The molecular weight excluding hydrogens is 274 g/mol. The minimum atomic E-state index is -1.90. The van der Waals surface area contributed by atoms with Gasteiger partial charge >= 0.3 is 11.9 Å². The zero-order chi connectivity index (χ0) is 14.9. The average molecular weight is 292 g/mol. The molecule has 7 heteroatoms. The van der Waals surface area contributed by atoms with Crippen molar-refractivity contribution in [3.8, 4) is 0 Å². The number of rotatable bonds is 7. The molecule has 0 aliphatic heterocycles. The molecule has 0 aliphatic carbocycles. The first-order valence-electron chi connectivity index (χ1n) is 5.83. The van der Waals surface area contributed by atoms with E-state index in [0.29, 0.717) is 0 Å². The monoisotopic (exact) mass is 291 g/mol. The van der Waals surface area contributed by atoms with E-state index in [1.165, 1.54) is 13.0 Å². The van der Waals surface area contributed by atoms with E-state index in [-0.39, 0.29) is 19.6 Å². The highest BCUT2D eigenvalue weighted by molar-refractivity contribution is 6.25. The molecule has 0 saturated heterocycles. The first-order chi connectivity index (χ1) is 8.94. The third kappa shape index (κ3) is 4.90. The fourth-order valence-corrected chi connectivity index (χ4v) is 1.52. The van der Waals surface area contributed by atoms with Crippen LogP contribution in [0.4, 0.5) is 0 Å². The Morgan fingerprint density at radius 2 is 1.63 bits per heavy atom. The Bertz CT molecular complexity index is 349. The normalized spacial score (nSPS) is 11.2. The molecule has 0 bridgehead atoms. The van der Waals surface area contributed by atoms with Gasteiger partial charge in [0.1, 0.15) is 0 Å². The standard InChI is InChI=1S/C12H18ClNO5/c1-4-18-10(16)12(7-6-8-13,14-9(3)15)11(17)19-5-2/h6,8H,4-5,7H2,1-3H3,(H,14,15). The third-order valence-electron chi connectivity index (χ3n) is 2.15. The number of carbonyl (C=O) groups is 3. The maximum atomic E-state index is 12.0. The highest BCUT2D eigenvalue weighted by Crippen LogP contribution is 2.17. The summed E-state index contributed by atoms with van der Waals surface area (Å²) in [5.41, 5.74) is -0.752. The first-order valence-corrected chi connectivity index (χ1v) is 6.26. The van der Waals surface area contributed by atoms with Crippen molar-refractivity contribution in [3.05, 3.63) is 11.6 Å². The van der Waals surface area contributed by atoms with Gasteiger partial charge in [-0.1, -0.05) is 17.7 Å². The number of hydrogen-bond acceptors (Lipinski definition) is 5. The molecule has 1 N–H and O–H groups in total. The van der Waals surface area contributed by atoms with Crippen LogP contribution in [0, 0.1) is 0 Å². The summed E-state index contributed by atoms with van der Waals surface area (Å²) in [4.78, 5) is 35.3. The number of hydrogen-bond donors (Lipinski definition) is 1. The van der Waals surface area contributed by atoms with E-state index in [9.17, 15) is 14.4 Å². The maximum Gasteiger partial charge on any atom is 0.344 e. The molecular formula is C12H18ClNO5. The van der Waals surface area contributed by atoms with Crippen LogP contribution < -0.4 is 5.32 Å². The smallest absolute Gasteiger partial charge is 0.344 e. The van der Waals surface area contributed by atoms with E-state index in [1.54, 1.807) is 13.8 Å². The molecule has 19 heavy (non-hydrogen) atoms. The highest BCUT2D eigenvalue weighted by atomic mass is 35.5. The SMILES string of the molecule is CCOC(=O)C(CC=CCl)(NC(C)=O)C(=O)OCC. The Morgan fingerprint density at radius 3 is 1.95 bits per heavy atom. The molecule has 0 aromatic heterocycles. The molecule has 0 fully saturated rings. The van der Waals surface area contributed by atoms with Crippen LogP contribution in [0.3, 0.4) is 0 Å². The summed E-state index contributed by atoms with van der Waals surface area (Å²) in [6.07, 6.45) is 1.22. The summed E-state index contributed by atoms with van der Waals surface area (Å²) in [6, 6.07) is 0. The molecule has 0 rings (SSSR count). The summed E-state index contributed by atoms with van der Waals surface area (Å²) < 4.78 is 9.68. The molecule has 0 aliphatic rings. The van der Waals surface area contributed by atoms with Gasteiger partial charge in [-0.05, 0) is 13.8 Å². The van der Waals surface area contributed by atoms with Crippen LogP contribution >= 0.6 is 11.6 Å². The second-order valence-corrected chi connectivity index (χ2v) is 3.85. The van der Waals surface area contributed by atoms with Crippen LogP contribution in [0.15, 0.2) is 11.6 Å². The minimum absolute atomic E-state index is 0.0736. The zero-order valence-electron chi connectivity index (χ0n) is 11.2.